The van der Waals surface area contributed by atoms with Crippen molar-refractivity contribution in [2.45, 2.75) is 51.7 Å². The Bertz CT molecular complexity index is 698. The Hall–Kier alpha value is -2.14. The third kappa shape index (κ3) is 7.55. The topological polar surface area (TPSA) is 50.7 Å². The molecule has 0 amide bonds. The summed E-state index contributed by atoms with van der Waals surface area (Å²) in [5.41, 5.74) is 2.01. The predicted octanol–water partition coefficient (Wildman–Crippen LogP) is 4.09. The fourth-order valence-electron chi connectivity index (χ4n) is 2.91. The number of hydrogen-bond acceptors (Lipinski definition) is 4. The van der Waals surface area contributed by atoms with Gasteiger partial charge in [0.2, 0.25) is 0 Å². The van der Waals surface area contributed by atoms with E-state index >= 15 is 0 Å². The van der Waals surface area contributed by atoms with Crippen molar-refractivity contribution >= 4 is 0 Å². The van der Waals surface area contributed by atoms with Crippen LogP contribution in [0.3, 0.4) is 0 Å². The standard InChI is InChI=1S/C23H31NO3/c1-5-14-26-17-20-12-9-13-21(15-20)27-22(18(2)25)24-23(3,4)16-19-10-7-6-8-11-19/h5-13,15,18,22,24-25H,1,14,16-17H2,2-4H3. The maximum absolute atomic E-state index is 10.2. The SMILES string of the molecule is C=CCOCc1cccc(OC(NC(C)(C)Cc2ccccc2)C(C)O)c1. The van der Waals surface area contributed by atoms with Crippen molar-refractivity contribution < 1.29 is 14.6 Å². The summed E-state index contributed by atoms with van der Waals surface area (Å²) in [5.74, 6) is 0.698. The summed E-state index contributed by atoms with van der Waals surface area (Å²) in [5, 5.41) is 13.7. The monoisotopic (exact) mass is 369 g/mol. The smallest absolute Gasteiger partial charge is 0.176 e. The first-order chi connectivity index (χ1) is 12.9. The normalized spacial score (nSPS) is 13.8. The zero-order valence-corrected chi connectivity index (χ0v) is 16.5. The number of nitrogens with one attached hydrogen (secondary N) is 1. The fourth-order valence-corrected chi connectivity index (χ4v) is 2.91. The molecule has 0 aliphatic carbocycles. The van der Waals surface area contributed by atoms with Crippen molar-refractivity contribution in [1.29, 1.82) is 0 Å². The molecule has 2 N–H and O–H groups in total. The van der Waals surface area contributed by atoms with E-state index in [1.165, 1.54) is 5.56 Å². The predicted molar refractivity (Wildman–Crippen MR) is 110 cm³/mol. The molecule has 2 rings (SSSR count). The van der Waals surface area contributed by atoms with Gasteiger partial charge in [-0.05, 0) is 50.5 Å². The van der Waals surface area contributed by atoms with Gasteiger partial charge in [-0.3, -0.25) is 5.32 Å². The van der Waals surface area contributed by atoms with E-state index in [1.54, 1.807) is 13.0 Å². The van der Waals surface area contributed by atoms with Crippen LogP contribution < -0.4 is 10.1 Å². The maximum atomic E-state index is 10.2. The second kappa shape index (κ2) is 10.3. The van der Waals surface area contributed by atoms with Crippen LogP contribution in [0.5, 0.6) is 5.75 Å². The third-order valence-corrected chi connectivity index (χ3v) is 4.13. The summed E-state index contributed by atoms with van der Waals surface area (Å²) in [7, 11) is 0. The van der Waals surface area contributed by atoms with Gasteiger partial charge in [0.15, 0.2) is 6.23 Å². The van der Waals surface area contributed by atoms with E-state index in [0.29, 0.717) is 19.0 Å². The Morgan fingerprint density at radius 1 is 1.11 bits per heavy atom. The summed E-state index contributed by atoms with van der Waals surface area (Å²) in [6.45, 7) is 10.6. The van der Waals surface area contributed by atoms with Gasteiger partial charge in [0, 0.05) is 5.54 Å². The first kappa shape index (κ1) is 21.2. The van der Waals surface area contributed by atoms with Crippen molar-refractivity contribution in [1.82, 2.24) is 5.32 Å². The lowest BCUT2D eigenvalue weighted by Gasteiger charge is -2.33. The molecule has 0 fully saturated rings. The molecule has 0 saturated heterocycles. The van der Waals surface area contributed by atoms with Gasteiger partial charge in [0.1, 0.15) is 11.9 Å². The molecule has 2 aromatic carbocycles. The quantitative estimate of drug-likeness (QED) is 0.356. The van der Waals surface area contributed by atoms with Gasteiger partial charge in [-0.15, -0.1) is 6.58 Å². The van der Waals surface area contributed by atoms with Gasteiger partial charge in [0.25, 0.3) is 0 Å². The van der Waals surface area contributed by atoms with E-state index < -0.39 is 12.3 Å². The van der Waals surface area contributed by atoms with Crippen LogP contribution in [0.1, 0.15) is 31.9 Å². The number of ether oxygens (including phenoxy) is 2. The van der Waals surface area contributed by atoms with E-state index in [0.717, 1.165) is 12.0 Å². The zero-order chi connectivity index (χ0) is 19.7. The maximum Gasteiger partial charge on any atom is 0.176 e. The molecular weight excluding hydrogens is 338 g/mol. The molecule has 0 aromatic heterocycles. The number of aliphatic hydroxyl groups excluding tert-OH is 1. The molecule has 0 aliphatic heterocycles. The highest BCUT2D eigenvalue weighted by Crippen LogP contribution is 2.19. The second-order valence-electron chi connectivity index (χ2n) is 7.42. The highest BCUT2D eigenvalue weighted by Gasteiger charge is 2.26. The minimum Gasteiger partial charge on any atom is -0.473 e. The van der Waals surface area contributed by atoms with E-state index in [2.05, 4.69) is 37.9 Å². The van der Waals surface area contributed by atoms with Gasteiger partial charge in [-0.25, -0.2) is 0 Å². The van der Waals surface area contributed by atoms with Crippen molar-refractivity contribution in [3.05, 3.63) is 78.4 Å². The van der Waals surface area contributed by atoms with E-state index in [1.807, 2.05) is 42.5 Å². The van der Waals surface area contributed by atoms with Crippen molar-refractivity contribution in [2.75, 3.05) is 6.61 Å². The lowest BCUT2D eigenvalue weighted by molar-refractivity contribution is 0.00877. The number of hydrogen-bond donors (Lipinski definition) is 2. The average molecular weight is 370 g/mol. The molecule has 4 heteroatoms. The lowest BCUT2D eigenvalue weighted by atomic mass is 9.94. The number of benzene rings is 2. The Labute approximate surface area is 162 Å². The lowest BCUT2D eigenvalue weighted by Crippen LogP contribution is -2.54. The van der Waals surface area contributed by atoms with Gasteiger partial charge in [-0.1, -0.05) is 48.5 Å². The molecule has 0 bridgehead atoms. The number of aliphatic hydroxyl groups is 1. The first-order valence-corrected chi connectivity index (χ1v) is 9.33. The molecule has 0 radical (unpaired) electrons. The zero-order valence-electron chi connectivity index (χ0n) is 16.5. The second-order valence-corrected chi connectivity index (χ2v) is 7.42. The molecule has 0 heterocycles. The summed E-state index contributed by atoms with van der Waals surface area (Å²) in [6.07, 6.45) is 1.37. The molecule has 0 spiro atoms. The molecular formula is C23H31NO3. The summed E-state index contributed by atoms with van der Waals surface area (Å²) < 4.78 is 11.5. The summed E-state index contributed by atoms with van der Waals surface area (Å²) >= 11 is 0. The van der Waals surface area contributed by atoms with Gasteiger partial charge < -0.3 is 14.6 Å². The molecule has 4 nitrogen and oxygen atoms in total. The minimum atomic E-state index is -0.666. The third-order valence-electron chi connectivity index (χ3n) is 4.13. The molecule has 2 atom stereocenters. The first-order valence-electron chi connectivity index (χ1n) is 9.33. The Kier molecular flexibility index (Phi) is 8.04. The van der Waals surface area contributed by atoms with Crippen LogP contribution in [0.2, 0.25) is 0 Å². The highest BCUT2D eigenvalue weighted by molar-refractivity contribution is 5.28. The molecule has 2 unspecified atom stereocenters. The van der Waals surface area contributed by atoms with E-state index in [-0.39, 0.29) is 5.54 Å². The Morgan fingerprint density at radius 3 is 2.48 bits per heavy atom. The van der Waals surface area contributed by atoms with Crippen molar-refractivity contribution in [2.24, 2.45) is 0 Å². The van der Waals surface area contributed by atoms with Crippen LogP contribution in [0.4, 0.5) is 0 Å². The highest BCUT2D eigenvalue weighted by atomic mass is 16.5. The van der Waals surface area contributed by atoms with E-state index in [4.69, 9.17) is 9.47 Å². The molecule has 0 aliphatic rings. The van der Waals surface area contributed by atoms with Crippen LogP contribution in [0, 0.1) is 0 Å². The Morgan fingerprint density at radius 2 is 1.81 bits per heavy atom. The molecule has 27 heavy (non-hydrogen) atoms. The molecule has 0 saturated carbocycles. The average Bonchev–Trinajstić information content (AvgIpc) is 2.62. The van der Waals surface area contributed by atoms with Crippen LogP contribution >= 0.6 is 0 Å². The van der Waals surface area contributed by atoms with E-state index in [9.17, 15) is 5.11 Å². The molecule has 2 aromatic rings. The van der Waals surface area contributed by atoms with Crippen molar-refractivity contribution in [3.63, 3.8) is 0 Å². The van der Waals surface area contributed by atoms with Crippen LogP contribution in [-0.4, -0.2) is 29.6 Å². The number of rotatable bonds is 11. The fraction of sp³-hybridized carbons (Fsp3) is 0.391. The van der Waals surface area contributed by atoms with Crippen LogP contribution in [-0.2, 0) is 17.8 Å². The minimum absolute atomic E-state index is 0.242. The van der Waals surface area contributed by atoms with Crippen LogP contribution in [0.15, 0.2) is 67.3 Å². The summed E-state index contributed by atoms with van der Waals surface area (Å²) in [4.78, 5) is 0. The Balaban J connectivity index is 2.02. The molecule has 146 valence electrons. The largest absolute Gasteiger partial charge is 0.473 e. The van der Waals surface area contributed by atoms with Gasteiger partial charge in [0.05, 0.1) is 13.2 Å². The van der Waals surface area contributed by atoms with Gasteiger partial charge >= 0.3 is 0 Å². The van der Waals surface area contributed by atoms with Gasteiger partial charge in [-0.2, -0.15) is 0 Å². The van der Waals surface area contributed by atoms with Crippen LogP contribution in [0.25, 0.3) is 0 Å². The van der Waals surface area contributed by atoms with Crippen molar-refractivity contribution in [3.8, 4) is 5.75 Å². The summed E-state index contributed by atoms with van der Waals surface area (Å²) in [6, 6.07) is 18.0.